The highest BCUT2D eigenvalue weighted by Crippen LogP contribution is 2.22. The SMILES string of the molecule is CC(C)CS(=O)(=O)Nc1cc(Cl)ccc1C#CCCO. The molecule has 0 aromatic heterocycles. The van der Waals surface area contributed by atoms with E-state index in [1.807, 2.05) is 13.8 Å². The van der Waals surface area contributed by atoms with Gasteiger partial charge in [-0.1, -0.05) is 37.3 Å². The Morgan fingerprint density at radius 2 is 2.10 bits per heavy atom. The molecule has 0 saturated carbocycles. The van der Waals surface area contributed by atoms with Gasteiger partial charge in [-0.25, -0.2) is 8.42 Å². The summed E-state index contributed by atoms with van der Waals surface area (Å²) in [4.78, 5) is 0. The lowest BCUT2D eigenvalue weighted by molar-refractivity contribution is 0.305. The van der Waals surface area contributed by atoms with E-state index in [-0.39, 0.29) is 18.3 Å². The fourth-order valence-corrected chi connectivity index (χ4v) is 3.21. The Morgan fingerprint density at radius 1 is 1.40 bits per heavy atom. The predicted molar refractivity (Wildman–Crippen MR) is 82.3 cm³/mol. The Labute approximate surface area is 125 Å². The second-order valence-corrected chi connectivity index (χ2v) is 6.95. The molecule has 0 saturated heterocycles. The maximum absolute atomic E-state index is 12.0. The van der Waals surface area contributed by atoms with Crippen LogP contribution < -0.4 is 4.72 Å². The number of rotatable bonds is 5. The summed E-state index contributed by atoms with van der Waals surface area (Å²) in [5.41, 5.74) is 0.902. The van der Waals surface area contributed by atoms with Crippen molar-refractivity contribution < 1.29 is 13.5 Å². The molecule has 0 aliphatic carbocycles. The minimum absolute atomic E-state index is 0.0237. The van der Waals surface area contributed by atoms with Crippen LogP contribution >= 0.6 is 11.6 Å². The van der Waals surface area contributed by atoms with Crippen LogP contribution in [-0.4, -0.2) is 25.9 Å². The summed E-state index contributed by atoms with van der Waals surface area (Å²) in [5.74, 6) is 5.64. The molecular weight excluding hydrogens is 298 g/mol. The van der Waals surface area contributed by atoms with Gasteiger partial charge in [0, 0.05) is 17.0 Å². The average Bonchev–Trinajstić information content (AvgIpc) is 2.29. The summed E-state index contributed by atoms with van der Waals surface area (Å²) < 4.78 is 26.4. The van der Waals surface area contributed by atoms with Crippen LogP contribution in [0.2, 0.25) is 5.02 Å². The normalized spacial score (nSPS) is 11.1. The van der Waals surface area contributed by atoms with E-state index in [1.54, 1.807) is 12.1 Å². The van der Waals surface area contributed by atoms with Crippen LogP contribution in [0.15, 0.2) is 18.2 Å². The topological polar surface area (TPSA) is 66.4 Å². The highest BCUT2D eigenvalue weighted by atomic mass is 35.5. The van der Waals surface area contributed by atoms with Crippen molar-refractivity contribution in [2.24, 2.45) is 5.92 Å². The summed E-state index contributed by atoms with van der Waals surface area (Å²) >= 11 is 5.89. The van der Waals surface area contributed by atoms with Gasteiger partial charge in [0.2, 0.25) is 10.0 Å². The average molecular weight is 316 g/mol. The quantitative estimate of drug-likeness (QED) is 0.820. The largest absolute Gasteiger partial charge is 0.395 e. The molecule has 0 amide bonds. The Balaban J connectivity index is 3.05. The van der Waals surface area contributed by atoms with E-state index in [9.17, 15) is 8.42 Å². The third-order valence-electron chi connectivity index (χ3n) is 2.26. The van der Waals surface area contributed by atoms with Crippen LogP contribution in [0.1, 0.15) is 25.8 Å². The number of benzene rings is 1. The van der Waals surface area contributed by atoms with Gasteiger partial charge in [-0.15, -0.1) is 0 Å². The van der Waals surface area contributed by atoms with Gasteiger partial charge in [0.05, 0.1) is 18.0 Å². The third-order valence-corrected chi connectivity index (χ3v) is 4.13. The Hall–Kier alpha value is -1.22. The molecule has 0 aliphatic rings. The number of halogens is 1. The van der Waals surface area contributed by atoms with Gasteiger partial charge in [0.15, 0.2) is 0 Å². The van der Waals surface area contributed by atoms with Gasteiger partial charge >= 0.3 is 0 Å². The zero-order valence-electron chi connectivity index (χ0n) is 11.5. The molecule has 1 aromatic rings. The fourth-order valence-electron chi connectivity index (χ4n) is 1.57. The Kier molecular flexibility index (Phi) is 6.34. The molecule has 0 unspecified atom stereocenters. The summed E-state index contributed by atoms with van der Waals surface area (Å²) in [7, 11) is -3.43. The lowest BCUT2D eigenvalue weighted by Crippen LogP contribution is -2.20. The standard InChI is InChI=1S/C14H18ClNO3S/c1-11(2)10-20(18,19)16-14-9-13(15)7-6-12(14)5-3-4-8-17/h6-7,9,11,16-17H,4,8,10H2,1-2H3. The molecular formula is C14H18ClNO3S. The molecule has 6 heteroatoms. The first kappa shape index (κ1) is 16.8. The zero-order valence-corrected chi connectivity index (χ0v) is 13.1. The molecule has 1 rings (SSSR count). The minimum atomic E-state index is -3.43. The first-order chi connectivity index (χ1) is 9.34. The van der Waals surface area contributed by atoms with Crippen molar-refractivity contribution in [3.63, 3.8) is 0 Å². The molecule has 0 radical (unpaired) electrons. The first-order valence-corrected chi connectivity index (χ1v) is 8.27. The van der Waals surface area contributed by atoms with Crippen LogP contribution in [0.4, 0.5) is 5.69 Å². The third kappa shape index (κ3) is 5.83. The Morgan fingerprint density at radius 3 is 2.70 bits per heavy atom. The number of hydrogen-bond donors (Lipinski definition) is 2. The smallest absolute Gasteiger partial charge is 0.233 e. The van der Waals surface area contributed by atoms with Crippen LogP contribution in [0.3, 0.4) is 0 Å². The lowest BCUT2D eigenvalue weighted by atomic mass is 10.2. The molecule has 110 valence electrons. The van der Waals surface area contributed by atoms with E-state index in [1.165, 1.54) is 6.07 Å². The molecule has 20 heavy (non-hydrogen) atoms. The van der Waals surface area contributed by atoms with E-state index in [4.69, 9.17) is 16.7 Å². The fraction of sp³-hybridized carbons (Fsp3) is 0.429. The van der Waals surface area contributed by atoms with Crippen molar-refractivity contribution in [1.82, 2.24) is 0 Å². The second-order valence-electron chi connectivity index (χ2n) is 4.74. The Bertz CT molecular complexity index is 615. The summed E-state index contributed by atoms with van der Waals surface area (Å²) in [6, 6.07) is 4.83. The maximum atomic E-state index is 12.0. The molecule has 0 atom stereocenters. The monoisotopic (exact) mass is 315 g/mol. The number of aliphatic hydroxyl groups is 1. The van der Waals surface area contributed by atoms with Crippen molar-refractivity contribution in [3.05, 3.63) is 28.8 Å². The molecule has 4 nitrogen and oxygen atoms in total. The molecule has 0 heterocycles. The molecule has 0 bridgehead atoms. The van der Waals surface area contributed by atoms with Crippen LogP contribution in [-0.2, 0) is 10.0 Å². The predicted octanol–water partition coefficient (Wildman–Crippen LogP) is 2.47. The van der Waals surface area contributed by atoms with Crippen molar-refractivity contribution >= 4 is 27.3 Å². The van der Waals surface area contributed by atoms with Gasteiger partial charge < -0.3 is 5.11 Å². The molecule has 2 N–H and O–H groups in total. The van der Waals surface area contributed by atoms with E-state index in [2.05, 4.69) is 16.6 Å². The zero-order chi connectivity index (χ0) is 15.2. The lowest BCUT2D eigenvalue weighted by Gasteiger charge is -2.11. The van der Waals surface area contributed by atoms with Crippen LogP contribution in [0, 0.1) is 17.8 Å². The van der Waals surface area contributed by atoms with Crippen molar-refractivity contribution in [3.8, 4) is 11.8 Å². The number of anilines is 1. The van der Waals surface area contributed by atoms with E-state index < -0.39 is 10.0 Å². The van der Waals surface area contributed by atoms with Gasteiger partial charge in [0.25, 0.3) is 0 Å². The highest BCUT2D eigenvalue weighted by Gasteiger charge is 2.14. The second kappa shape index (κ2) is 7.53. The van der Waals surface area contributed by atoms with Gasteiger partial charge in [0.1, 0.15) is 0 Å². The number of nitrogens with one attached hydrogen (secondary N) is 1. The number of hydrogen-bond acceptors (Lipinski definition) is 3. The van der Waals surface area contributed by atoms with Gasteiger partial charge in [-0.2, -0.15) is 0 Å². The molecule has 0 aliphatic heterocycles. The van der Waals surface area contributed by atoms with Crippen molar-refractivity contribution in [1.29, 1.82) is 0 Å². The maximum Gasteiger partial charge on any atom is 0.233 e. The summed E-state index contributed by atoms with van der Waals surface area (Å²) in [5, 5.41) is 9.14. The highest BCUT2D eigenvalue weighted by molar-refractivity contribution is 7.92. The summed E-state index contributed by atoms with van der Waals surface area (Å²) in [6.45, 7) is 3.63. The molecule has 1 aromatic carbocycles. The molecule has 0 spiro atoms. The number of aliphatic hydroxyl groups excluding tert-OH is 1. The van der Waals surface area contributed by atoms with Crippen molar-refractivity contribution in [2.45, 2.75) is 20.3 Å². The van der Waals surface area contributed by atoms with E-state index >= 15 is 0 Å². The van der Waals surface area contributed by atoms with E-state index in [0.717, 1.165) is 0 Å². The van der Waals surface area contributed by atoms with E-state index in [0.29, 0.717) is 22.7 Å². The van der Waals surface area contributed by atoms with Crippen molar-refractivity contribution in [2.75, 3.05) is 17.1 Å². The van der Waals surface area contributed by atoms with Crippen LogP contribution in [0.25, 0.3) is 0 Å². The van der Waals surface area contributed by atoms with Crippen LogP contribution in [0.5, 0.6) is 0 Å². The number of sulfonamides is 1. The van der Waals surface area contributed by atoms with Gasteiger partial charge in [-0.05, 0) is 24.1 Å². The minimum Gasteiger partial charge on any atom is -0.395 e. The summed E-state index contributed by atoms with van der Waals surface area (Å²) in [6.07, 6.45) is 0.334. The first-order valence-electron chi connectivity index (χ1n) is 6.24. The van der Waals surface area contributed by atoms with Gasteiger partial charge in [-0.3, -0.25) is 4.72 Å². The molecule has 0 fully saturated rings.